The minimum atomic E-state index is -0.469. The summed E-state index contributed by atoms with van der Waals surface area (Å²) >= 11 is 5.72. The minimum Gasteiger partial charge on any atom is -0.312 e. The molecule has 1 aromatic carbocycles. The summed E-state index contributed by atoms with van der Waals surface area (Å²) < 4.78 is 0. The number of rotatable bonds is 3. The molecule has 1 aromatic rings. The van der Waals surface area contributed by atoms with Crippen molar-refractivity contribution < 1.29 is 9.72 Å². The highest BCUT2D eigenvalue weighted by atomic mass is 35.5. The number of hydrogen-bond donors (Lipinski definition) is 0. The molecule has 0 spiro atoms. The van der Waals surface area contributed by atoms with Crippen LogP contribution in [0, 0.1) is 16.0 Å². The number of hydrogen-bond acceptors (Lipinski definition) is 3. The molecule has 90 valence electrons. The quantitative estimate of drug-likeness (QED) is 0.472. The van der Waals surface area contributed by atoms with Crippen molar-refractivity contribution in [3.8, 4) is 0 Å². The van der Waals surface area contributed by atoms with E-state index in [1.165, 1.54) is 12.1 Å². The maximum atomic E-state index is 11.7. The Kier molecular flexibility index (Phi) is 3.28. The third kappa shape index (κ3) is 2.39. The Balaban J connectivity index is 2.25. The molecule has 1 atom stereocenters. The van der Waals surface area contributed by atoms with Gasteiger partial charge in [0.15, 0.2) is 0 Å². The summed E-state index contributed by atoms with van der Waals surface area (Å²) in [5.74, 6) is 0.525. The Morgan fingerprint density at radius 2 is 2.29 bits per heavy atom. The third-order valence-corrected chi connectivity index (χ3v) is 3.21. The van der Waals surface area contributed by atoms with Crippen molar-refractivity contribution in [2.45, 2.75) is 6.42 Å². The van der Waals surface area contributed by atoms with Gasteiger partial charge in [-0.1, -0.05) is 6.07 Å². The van der Waals surface area contributed by atoms with Crippen LogP contribution in [0.15, 0.2) is 24.3 Å². The second-order valence-electron chi connectivity index (χ2n) is 4.01. The van der Waals surface area contributed by atoms with Gasteiger partial charge < -0.3 is 4.90 Å². The number of non-ortho nitro benzene ring substituents is 1. The zero-order valence-corrected chi connectivity index (χ0v) is 9.76. The van der Waals surface area contributed by atoms with E-state index in [9.17, 15) is 14.9 Å². The van der Waals surface area contributed by atoms with Gasteiger partial charge in [0.1, 0.15) is 0 Å². The maximum Gasteiger partial charge on any atom is 0.271 e. The van der Waals surface area contributed by atoms with E-state index < -0.39 is 4.92 Å². The van der Waals surface area contributed by atoms with Crippen LogP contribution in [0.5, 0.6) is 0 Å². The molecule has 0 N–H and O–H groups in total. The van der Waals surface area contributed by atoms with E-state index in [2.05, 4.69) is 0 Å². The topological polar surface area (TPSA) is 63.5 Å². The molecule has 1 aliphatic rings. The van der Waals surface area contributed by atoms with E-state index in [-0.39, 0.29) is 17.5 Å². The van der Waals surface area contributed by atoms with Crippen molar-refractivity contribution in [1.82, 2.24) is 0 Å². The second kappa shape index (κ2) is 4.71. The normalized spacial score (nSPS) is 19.7. The van der Waals surface area contributed by atoms with E-state index >= 15 is 0 Å². The van der Waals surface area contributed by atoms with Gasteiger partial charge in [-0.15, -0.1) is 11.6 Å². The van der Waals surface area contributed by atoms with Gasteiger partial charge in [-0.05, 0) is 12.0 Å². The smallest absolute Gasteiger partial charge is 0.271 e. The van der Waals surface area contributed by atoms with E-state index in [0.717, 1.165) is 0 Å². The molecule has 0 aromatic heterocycles. The largest absolute Gasteiger partial charge is 0.312 e. The first-order valence-corrected chi connectivity index (χ1v) is 5.76. The number of nitro benzene ring substituents is 1. The fourth-order valence-electron chi connectivity index (χ4n) is 1.91. The standard InChI is InChI=1S/C11H11ClN2O3/c12-6-8-4-11(15)13(7-8)9-2-1-3-10(5-9)14(16)17/h1-3,5,8H,4,6-7H2. The van der Waals surface area contributed by atoms with Gasteiger partial charge in [0.2, 0.25) is 5.91 Å². The molecular weight excluding hydrogens is 244 g/mol. The van der Waals surface area contributed by atoms with Crippen LogP contribution in [0.1, 0.15) is 6.42 Å². The number of amides is 1. The highest BCUT2D eigenvalue weighted by Gasteiger charge is 2.30. The third-order valence-electron chi connectivity index (χ3n) is 2.78. The van der Waals surface area contributed by atoms with Gasteiger partial charge in [0.05, 0.1) is 10.6 Å². The van der Waals surface area contributed by atoms with Crippen molar-refractivity contribution >= 4 is 28.9 Å². The Morgan fingerprint density at radius 1 is 1.53 bits per heavy atom. The molecule has 1 saturated heterocycles. The fraction of sp³-hybridized carbons (Fsp3) is 0.364. The fourth-order valence-corrected chi connectivity index (χ4v) is 2.12. The zero-order valence-electron chi connectivity index (χ0n) is 9.01. The minimum absolute atomic E-state index is 0.00961. The number of nitrogens with zero attached hydrogens (tertiary/aromatic N) is 2. The number of anilines is 1. The summed E-state index contributed by atoms with van der Waals surface area (Å²) in [5, 5.41) is 10.7. The molecule has 1 amide bonds. The van der Waals surface area contributed by atoms with Crippen molar-refractivity contribution in [3.05, 3.63) is 34.4 Å². The van der Waals surface area contributed by atoms with Crippen LogP contribution in [0.25, 0.3) is 0 Å². The summed E-state index contributed by atoms with van der Waals surface area (Å²) in [6.45, 7) is 0.531. The molecule has 0 aliphatic carbocycles. The number of alkyl halides is 1. The van der Waals surface area contributed by atoms with Gasteiger partial charge in [-0.3, -0.25) is 14.9 Å². The van der Waals surface area contributed by atoms with E-state index in [1.807, 2.05) is 0 Å². The molecule has 5 nitrogen and oxygen atoms in total. The SMILES string of the molecule is O=C1CC(CCl)CN1c1cccc([N+](=O)[O-])c1. The summed E-state index contributed by atoms with van der Waals surface area (Å²) in [7, 11) is 0. The Labute approximate surface area is 103 Å². The Hall–Kier alpha value is -1.62. The van der Waals surface area contributed by atoms with Gasteiger partial charge in [0.25, 0.3) is 5.69 Å². The molecular formula is C11H11ClN2O3. The lowest BCUT2D eigenvalue weighted by Crippen LogP contribution is -2.24. The van der Waals surface area contributed by atoms with Crippen LogP contribution in [0.4, 0.5) is 11.4 Å². The number of carbonyl (C=O) groups excluding carboxylic acids is 1. The molecule has 1 unspecified atom stereocenters. The van der Waals surface area contributed by atoms with Crippen LogP contribution >= 0.6 is 11.6 Å². The van der Waals surface area contributed by atoms with Crippen LogP contribution in [0.2, 0.25) is 0 Å². The first-order valence-electron chi connectivity index (χ1n) is 5.22. The molecule has 1 heterocycles. The Bertz CT molecular complexity index is 464. The van der Waals surface area contributed by atoms with Crippen molar-refractivity contribution in [3.63, 3.8) is 0 Å². The monoisotopic (exact) mass is 254 g/mol. The Morgan fingerprint density at radius 3 is 2.88 bits per heavy atom. The second-order valence-corrected chi connectivity index (χ2v) is 4.31. The number of benzene rings is 1. The predicted octanol–water partition coefficient (Wildman–Crippen LogP) is 2.19. The van der Waals surface area contributed by atoms with Crippen LogP contribution in [-0.4, -0.2) is 23.3 Å². The van der Waals surface area contributed by atoms with Gasteiger partial charge in [0, 0.05) is 31.0 Å². The molecule has 2 rings (SSSR count). The molecule has 1 aliphatic heterocycles. The average Bonchev–Trinajstić information content (AvgIpc) is 2.71. The van der Waals surface area contributed by atoms with Crippen molar-refractivity contribution in [1.29, 1.82) is 0 Å². The molecule has 0 bridgehead atoms. The zero-order chi connectivity index (χ0) is 12.4. The number of halogens is 1. The lowest BCUT2D eigenvalue weighted by atomic mass is 10.1. The van der Waals surface area contributed by atoms with Crippen molar-refractivity contribution in [2.75, 3.05) is 17.3 Å². The molecule has 6 heteroatoms. The van der Waals surface area contributed by atoms with Crippen LogP contribution in [-0.2, 0) is 4.79 Å². The first kappa shape index (κ1) is 11.9. The molecule has 17 heavy (non-hydrogen) atoms. The van der Waals surface area contributed by atoms with E-state index in [0.29, 0.717) is 24.5 Å². The average molecular weight is 255 g/mol. The summed E-state index contributed by atoms with van der Waals surface area (Å²) in [4.78, 5) is 23.5. The summed E-state index contributed by atoms with van der Waals surface area (Å²) in [6.07, 6.45) is 0.409. The predicted molar refractivity (Wildman–Crippen MR) is 64.3 cm³/mol. The van der Waals surface area contributed by atoms with Gasteiger partial charge >= 0.3 is 0 Å². The number of nitro groups is 1. The lowest BCUT2D eigenvalue weighted by molar-refractivity contribution is -0.384. The van der Waals surface area contributed by atoms with Crippen LogP contribution in [0.3, 0.4) is 0 Å². The maximum absolute atomic E-state index is 11.7. The molecule has 0 saturated carbocycles. The van der Waals surface area contributed by atoms with Crippen LogP contribution < -0.4 is 4.90 Å². The number of carbonyl (C=O) groups is 1. The molecule has 0 radical (unpaired) electrons. The molecule has 1 fully saturated rings. The van der Waals surface area contributed by atoms with E-state index in [1.54, 1.807) is 17.0 Å². The lowest BCUT2D eigenvalue weighted by Gasteiger charge is -2.15. The van der Waals surface area contributed by atoms with Gasteiger partial charge in [-0.25, -0.2) is 0 Å². The van der Waals surface area contributed by atoms with E-state index in [4.69, 9.17) is 11.6 Å². The summed E-state index contributed by atoms with van der Waals surface area (Å²) in [6, 6.07) is 6.09. The highest BCUT2D eigenvalue weighted by molar-refractivity contribution is 6.18. The summed E-state index contributed by atoms with van der Waals surface area (Å²) in [5.41, 5.74) is 0.557. The van der Waals surface area contributed by atoms with Gasteiger partial charge in [-0.2, -0.15) is 0 Å². The first-order chi connectivity index (χ1) is 8.11. The van der Waals surface area contributed by atoms with Crippen molar-refractivity contribution in [2.24, 2.45) is 5.92 Å². The highest BCUT2D eigenvalue weighted by Crippen LogP contribution is 2.28.